The SMILES string of the molecule is CSCCC1N=C(c2ccccc2C)NNC1=O. The molecule has 0 aliphatic carbocycles. The summed E-state index contributed by atoms with van der Waals surface area (Å²) in [6.45, 7) is 2.03. The third-order valence-electron chi connectivity index (χ3n) is 2.89. The highest BCUT2D eigenvalue weighted by molar-refractivity contribution is 7.98. The third kappa shape index (κ3) is 2.85. The zero-order valence-electron chi connectivity index (χ0n) is 10.6. The highest BCUT2D eigenvalue weighted by Gasteiger charge is 2.23. The first-order valence-corrected chi connectivity index (χ1v) is 7.30. The lowest BCUT2D eigenvalue weighted by Crippen LogP contribution is -2.51. The van der Waals surface area contributed by atoms with Crippen molar-refractivity contribution in [1.29, 1.82) is 0 Å². The van der Waals surface area contributed by atoms with E-state index in [1.165, 1.54) is 0 Å². The number of nitrogens with zero attached hydrogens (tertiary/aromatic N) is 1. The fourth-order valence-corrected chi connectivity index (χ4v) is 2.31. The molecule has 0 spiro atoms. The molecule has 1 atom stereocenters. The van der Waals surface area contributed by atoms with E-state index in [1.54, 1.807) is 11.8 Å². The Labute approximate surface area is 111 Å². The maximum atomic E-state index is 11.7. The van der Waals surface area contributed by atoms with Crippen molar-refractivity contribution < 1.29 is 4.79 Å². The average molecular weight is 263 g/mol. The monoisotopic (exact) mass is 263 g/mol. The van der Waals surface area contributed by atoms with Crippen LogP contribution in [0.1, 0.15) is 17.5 Å². The van der Waals surface area contributed by atoms with Gasteiger partial charge in [0.25, 0.3) is 5.91 Å². The van der Waals surface area contributed by atoms with Crippen LogP contribution < -0.4 is 10.9 Å². The van der Waals surface area contributed by atoms with E-state index in [4.69, 9.17) is 0 Å². The Morgan fingerprint density at radius 2 is 2.11 bits per heavy atom. The first kappa shape index (κ1) is 13.0. The number of amidine groups is 1. The van der Waals surface area contributed by atoms with Crippen LogP contribution in [0.5, 0.6) is 0 Å². The van der Waals surface area contributed by atoms with E-state index in [9.17, 15) is 4.79 Å². The van der Waals surface area contributed by atoms with Crippen LogP contribution in [0.3, 0.4) is 0 Å². The number of hydrogen-bond acceptors (Lipinski definition) is 4. The van der Waals surface area contributed by atoms with Gasteiger partial charge >= 0.3 is 0 Å². The van der Waals surface area contributed by atoms with Crippen molar-refractivity contribution in [2.75, 3.05) is 12.0 Å². The molecule has 0 bridgehead atoms. The van der Waals surface area contributed by atoms with Gasteiger partial charge in [-0.3, -0.25) is 20.6 Å². The number of benzene rings is 1. The molecule has 96 valence electrons. The van der Waals surface area contributed by atoms with Gasteiger partial charge in [-0.05, 0) is 30.9 Å². The predicted octanol–water partition coefficient (Wildman–Crippen LogP) is 1.50. The minimum Gasteiger partial charge on any atom is -0.282 e. The van der Waals surface area contributed by atoms with Crippen LogP contribution in [-0.2, 0) is 4.79 Å². The standard InChI is InChI=1S/C13H17N3OS/c1-9-5-3-4-6-10(9)12-14-11(7-8-18-2)13(17)16-15-12/h3-6,11H,7-8H2,1-2H3,(H,14,15)(H,16,17). The lowest BCUT2D eigenvalue weighted by molar-refractivity contribution is -0.123. The first-order valence-electron chi connectivity index (χ1n) is 5.91. The number of carbonyl (C=O) groups is 1. The largest absolute Gasteiger partial charge is 0.282 e. The van der Waals surface area contributed by atoms with Crippen molar-refractivity contribution in [2.45, 2.75) is 19.4 Å². The van der Waals surface area contributed by atoms with E-state index in [-0.39, 0.29) is 11.9 Å². The van der Waals surface area contributed by atoms with Crippen molar-refractivity contribution in [3.05, 3.63) is 35.4 Å². The summed E-state index contributed by atoms with van der Waals surface area (Å²) in [5.41, 5.74) is 7.74. The van der Waals surface area contributed by atoms with Crippen LogP contribution in [0.25, 0.3) is 0 Å². The number of hydrogen-bond donors (Lipinski definition) is 2. The summed E-state index contributed by atoms with van der Waals surface area (Å²) in [7, 11) is 0. The summed E-state index contributed by atoms with van der Waals surface area (Å²) in [5, 5.41) is 0. The molecule has 0 radical (unpaired) electrons. The number of aryl methyl sites for hydroxylation is 1. The van der Waals surface area contributed by atoms with Gasteiger partial charge in [-0.15, -0.1) is 0 Å². The number of hydrazine groups is 1. The van der Waals surface area contributed by atoms with Crippen LogP contribution in [0.2, 0.25) is 0 Å². The zero-order chi connectivity index (χ0) is 13.0. The minimum atomic E-state index is -0.284. The van der Waals surface area contributed by atoms with E-state index >= 15 is 0 Å². The topological polar surface area (TPSA) is 53.5 Å². The first-order chi connectivity index (χ1) is 8.72. The summed E-state index contributed by atoms with van der Waals surface area (Å²) >= 11 is 1.73. The molecule has 1 aliphatic rings. The second-order valence-corrected chi connectivity index (χ2v) is 5.19. The van der Waals surface area contributed by atoms with Gasteiger partial charge in [-0.1, -0.05) is 24.3 Å². The van der Waals surface area contributed by atoms with Gasteiger partial charge in [0.15, 0.2) is 0 Å². The number of thioether (sulfide) groups is 1. The van der Waals surface area contributed by atoms with Crippen molar-refractivity contribution in [3.8, 4) is 0 Å². The average Bonchev–Trinajstić information content (AvgIpc) is 2.39. The van der Waals surface area contributed by atoms with Gasteiger partial charge in [0.1, 0.15) is 11.9 Å². The Morgan fingerprint density at radius 1 is 1.33 bits per heavy atom. The Balaban J connectivity index is 2.23. The summed E-state index contributed by atoms with van der Waals surface area (Å²) < 4.78 is 0. The fraction of sp³-hybridized carbons (Fsp3) is 0.385. The predicted molar refractivity (Wildman–Crippen MR) is 75.8 cm³/mol. The van der Waals surface area contributed by atoms with E-state index in [0.29, 0.717) is 0 Å². The Bertz CT molecular complexity index is 473. The molecule has 0 saturated heterocycles. The number of carbonyl (C=O) groups excluding carboxylic acids is 1. The van der Waals surface area contributed by atoms with Crippen LogP contribution >= 0.6 is 11.8 Å². The molecule has 1 amide bonds. The molecule has 5 heteroatoms. The molecule has 1 unspecified atom stereocenters. The number of amides is 1. The molecular weight excluding hydrogens is 246 g/mol. The van der Waals surface area contributed by atoms with Gasteiger partial charge < -0.3 is 0 Å². The molecular formula is C13H17N3OS. The number of nitrogens with one attached hydrogen (secondary N) is 2. The lowest BCUT2D eigenvalue weighted by atomic mass is 10.1. The van der Waals surface area contributed by atoms with Crippen molar-refractivity contribution in [2.24, 2.45) is 4.99 Å². The quantitative estimate of drug-likeness (QED) is 0.865. The normalized spacial score (nSPS) is 18.9. The van der Waals surface area contributed by atoms with E-state index in [1.807, 2.05) is 37.4 Å². The Hall–Kier alpha value is -1.49. The maximum absolute atomic E-state index is 11.7. The zero-order valence-corrected chi connectivity index (χ0v) is 11.4. The third-order valence-corrected chi connectivity index (χ3v) is 3.53. The summed E-state index contributed by atoms with van der Waals surface area (Å²) in [6.07, 6.45) is 2.80. The smallest absolute Gasteiger partial charge is 0.263 e. The molecule has 18 heavy (non-hydrogen) atoms. The maximum Gasteiger partial charge on any atom is 0.263 e. The molecule has 4 nitrogen and oxygen atoms in total. The van der Waals surface area contributed by atoms with Crippen LogP contribution in [0, 0.1) is 6.92 Å². The minimum absolute atomic E-state index is 0.0543. The fourth-order valence-electron chi connectivity index (χ4n) is 1.85. The molecule has 2 rings (SSSR count). The number of aliphatic imine (C=N–C) groups is 1. The van der Waals surface area contributed by atoms with Gasteiger partial charge in [0, 0.05) is 5.56 Å². The van der Waals surface area contributed by atoms with Gasteiger partial charge in [-0.25, -0.2) is 0 Å². The molecule has 1 heterocycles. The lowest BCUT2D eigenvalue weighted by Gasteiger charge is -2.23. The highest BCUT2D eigenvalue weighted by atomic mass is 32.2. The second-order valence-electron chi connectivity index (χ2n) is 4.20. The van der Waals surface area contributed by atoms with Crippen molar-refractivity contribution in [1.82, 2.24) is 10.9 Å². The Morgan fingerprint density at radius 3 is 2.83 bits per heavy atom. The van der Waals surface area contributed by atoms with E-state index < -0.39 is 0 Å². The van der Waals surface area contributed by atoms with E-state index in [0.717, 1.165) is 29.1 Å². The molecule has 1 aromatic rings. The molecule has 1 aliphatic heterocycles. The highest BCUT2D eigenvalue weighted by Crippen LogP contribution is 2.12. The van der Waals surface area contributed by atoms with Gasteiger partial charge in [0.2, 0.25) is 0 Å². The van der Waals surface area contributed by atoms with Crippen molar-refractivity contribution >= 4 is 23.5 Å². The molecule has 2 N–H and O–H groups in total. The van der Waals surface area contributed by atoms with Crippen LogP contribution in [0.4, 0.5) is 0 Å². The summed E-state index contributed by atoms with van der Waals surface area (Å²) in [5.74, 6) is 1.63. The van der Waals surface area contributed by atoms with Gasteiger partial charge in [0.05, 0.1) is 0 Å². The van der Waals surface area contributed by atoms with Crippen LogP contribution in [0.15, 0.2) is 29.3 Å². The van der Waals surface area contributed by atoms with E-state index in [2.05, 4.69) is 15.8 Å². The summed E-state index contributed by atoms with van der Waals surface area (Å²) in [6, 6.07) is 7.72. The molecule has 0 fully saturated rings. The molecule has 0 saturated carbocycles. The molecule has 1 aromatic carbocycles. The second kappa shape index (κ2) is 5.91. The van der Waals surface area contributed by atoms with Crippen LogP contribution in [-0.4, -0.2) is 29.8 Å². The number of rotatable bonds is 4. The Kier molecular flexibility index (Phi) is 4.25. The van der Waals surface area contributed by atoms with Gasteiger partial charge in [-0.2, -0.15) is 11.8 Å². The van der Waals surface area contributed by atoms with Crippen molar-refractivity contribution in [3.63, 3.8) is 0 Å². The summed E-state index contributed by atoms with van der Waals surface area (Å²) in [4.78, 5) is 16.2. The molecule has 0 aromatic heterocycles.